The number of rotatable bonds is 5. The zero-order chi connectivity index (χ0) is 22.5. The Balaban J connectivity index is 1.62. The van der Waals surface area contributed by atoms with Crippen molar-refractivity contribution in [1.82, 2.24) is 15.3 Å². The number of nitrogens with one attached hydrogen (secondary N) is 2. The number of benzene rings is 2. The van der Waals surface area contributed by atoms with Crippen molar-refractivity contribution < 1.29 is 9.59 Å². The average molecular weight is 478 g/mol. The van der Waals surface area contributed by atoms with Crippen molar-refractivity contribution in [2.75, 3.05) is 0 Å². The quantitative estimate of drug-likeness (QED) is 0.314. The van der Waals surface area contributed by atoms with E-state index < -0.39 is 11.8 Å². The maximum absolute atomic E-state index is 12.0. The second-order valence-corrected chi connectivity index (χ2v) is 8.02. The summed E-state index contributed by atoms with van der Waals surface area (Å²) in [5.41, 5.74) is 6.54. The van der Waals surface area contributed by atoms with Crippen LogP contribution in [0, 0.1) is 13.8 Å². The standard InChI is InChI=1S/C22H19Cl3N4O2/c1-13-9-16(14(2)29(13)18-7-8-19(24)20(25)10-18)12-27-28-22(31)21(30)26-11-15-3-5-17(23)6-4-15/h3-10,12H,11H2,1-2H3,(H,26,30)(H,28,31)/b27-12-. The summed E-state index contributed by atoms with van der Waals surface area (Å²) in [5.74, 6) is -1.64. The zero-order valence-corrected chi connectivity index (χ0v) is 19.0. The summed E-state index contributed by atoms with van der Waals surface area (Å²) < 4.78 is 1.99. The van der Waals surface area contributed by atoms with E-state index in [-0.39, 0.29) is 6.54 Å². The van der Waals surface area contributed by atoms with Crippen molar-refractivity contribution >= 4 is 52.8 Å². The first-order valence-electron chi connectivity index (χ1n) is 9.26. The molecule has 0 radical (unpaired) electrons. The van der Waals surface area contributed by atoms with Gasteiger partial charge in [-0.05, 0) is 55.8 Å². The van der Waals surface area contributed by atoms with Crippen LogP contribution in [-0.2, 0) is 16.1 Å². The molecule has 9 heteroatoms. The van der Waals surface area contributed by atoms with Gasteiger partial charge in [0.05, 0.1) is 16.3 Å². The number of aryl methyl sites for hydroxylation is 1. The lowest BCUT2D eigenvalue weighted by atomic mass is 10.2. The SMILES string of the molecule is Cc1cc(/C=N\NC(=O)C(=O)NCc2ccc(Cl)cc2)c(C)n1-c1ccc(Cl)c(Cl)c1. The lowest BCUT2D eigenvalue weighted by molar-refractivity contribution is -0.139. The number of nitrogens with zero attached hydrogens (tertiary/aromatic N) is 2. The highest BCUT2D eigenvalue weighted by atomic mass is 35.5. The van der Waals surface area contributed by atoms with E-state index in [0.717, 1.165) is 28.2 Å². The number of hydrogen-bond acceptors (Lipinski definition) is 3. The highest BCUT2D eigenvalue weighted by molar-refractivity contribution is 6.42. The molecule has 0 saturated heterocycles. The minimum absolute atomic E-state index is 0.206. The van der Waals surface area contributed by atoms with Crippen LogP contribution in [0.1, 0.15) is 22.5 Å². The molecule has 0 saturated carbocycles. The Labute approximate surface area is 194 Å². The predicted molar refractivity (Wildman–Crippen MR) is 124 cm³/mol. The van der Waals surface area contributed by atoms with E-state index in [2.05, 4.69) is 15.8 Å². The summed E-state index contributed by atoms with van der Waals surface area (Å²) in [6.07, 6.45) is 1.49. The maximum atomic E-state index is 12.0. The number of hydrogen-bond donors (Lipinski definition) is 2. The highest BCUT2D eigenvalue weighted by Gasteiger charge is 2.13. The summed E-state index contributed by atoms with van der Waals surface area (Å²) in [7, 11) is 0. The molecule has 0 unspecified atom stereocenters. The van der Waals surface area contributed by atoms with Gasteiger partial charge in [-0.2, -0.15) is 5.10 Å². The van der Waals surface area contributed by atoms with Crippen LogP contribution < -0.4 is 10.7 Å². The number of amides is 2. The van der Waals surface area contributed by atoms with Crippen LogP contribution in [0.4, 0.5) is 0 Å². The van der Waals surface area contributed by atoms with Gasteiger partial charge in [-0.15, -0.1) is 0 Å². The molecule has 3 rings (SSSR count). The molecule has 160 valence electrons. The van der Waals surface area contributed by atoms with Gasteiger partial charge in [0.15, 0.2) is 0 Å². The van der Waals surface area contributed by atoms with Crippen LogP contribution >= 0.6 is 34.8 Å². The van der Waals surface area contributed by atoms with Crippen LogP contribution in [0.15, 0.2) is 53.6 Å². The molecule has 2 N–H and O–H groups in total. The fraction of sp³-hybridized carbons (Fsp3) is 0.136. The molecule has 6 nitrogen and oxygen atoms in total. The van der Waals surface area contributed by atoms with Crippen molar-refractivity contribution in [2.24, 2.45) is 5.10 Å². The fourth-order valence-corrected chi connectivity index (χ4v) is 3.43. The summed E-state index contributed by atoms with van der Waals surface area (Å²) in [6, 6.07) is 14.2. The Morgan fingerprint density at radius 2 is 1.68 bits per heavy atom. The number of aromatic nitrogens is 1. The van der Waals surface area contributed by atoms with Gasteiger partial charge in [-0.1, -0.05) is 46.9 Å². The van der Waals surface area contributed by atoms with Gasteiger partial charge >= 0.3 is 11.8 Å². The van der Waals surface area contributed by atoms with Crippen LogP contribution in [0.2, 0.25) is 15.1 Å². The third kappa shape index (κ3) is 5.67. The molecule has 0 fully saturated rings. The Hall–Kier alpha value is -2.80. The van der Waals surface area contributed by atoms with Gasteiger partial charge in [0.1, 0.15) is 0 Å². The van der Waals surface area contributed by atoms with Crippen LogP contribution in [0.3, 0.4) is 0 Å². The molecule has 0 aliphatic rings. The molecule has 0 atom stereocenters. The first-order chi connectivity index (χ1) is 14.8. The Bertz CT molecular complexity index is 1150. The first kappa shape index (κ1) is 22.9. The topological polar surface area (TPSA) is 75.5 Å². The van der Waals surface area contributed by atoms with Crippen LogP contribution in [0.5, 0.6) is 0 Å². The number of carbonyl (C=O) groups excluding carboxylic acids is 2. The molecule has 2 aromatic carbocycles. The summed E-state index contributed by atoms with van der Waals surface area (Å²) in [4.78, 5) is 23.9. The van der Waals surface area contributed by atoms with Crippen LogP contribution in [0.25, 0.3) is 5.69 Å². The monoisotopic (exact) mass is 476 g/mol. The molecule has 0 bridgehead atoms. The van der Waals surface area contributed by atoms with E-state index in [1.54, 1.807) is 36.4 Å². The van der Waals surface area contributed by atoms with E-state index in [1.165, 1.54) is 6.21 Å². The zero-order valence-electron chi connectivity index (χ0n) is 16.7. The van der Waals surface area contributed by atoms with Crippen molar-refractivity contribution in [3.8, 4) is 5.69 Å². The molecule has 1 heterocycles. The number of halogens is 3. The molecule has 2 amide bonds. The maximum Gasteiger partial charge on any atom is 0.329 e. The highest BCUT2D eigenvalue weighted by Crippen LogP contribution is 2.27. The third-order valence-corrected chi connectivity index (χ3v) is 5.56. The van der Waals surface area contributed by atoms with Gasteiger partial charge in [0, 0.05) is 34.2 Å². The average Bonchev–Trinajstić information content (AvgIpc) is 3.02. The van der Waals surface area contributed by atoms with E-state index in [4.69, 9.17) is 34.8 Å². The van der Waals surface area contributed by atoms with Gasteiger partial charge < -0.3 is 9.88 Å². The van der Waals surface area contributed by atoms with E-state index in [1.807, 2.05) is 30.5 Å². The van der Waals surface area contributed by atoms with Crippen LogP contribution in [-0.4, -0.2) is 22.6 Å². The lowest BCUT2D eigenvalue weighted by Crippen LogP contribution is -2.37. The first-order valence-corrected chi connectivity index (χ1v) is 10.4. The molecule has 0 aliphatic heterocycles. The van der Waals surface area contributed by atoms with Gasteiger partial charge in [-0.3, -0.25) is 9.59 Å². The Kier molecular flexibility index (Phi) is 7.38. The molecular weight excluding hydrogens is 459 g/mol. The normalized spacial score (nSPS) is 11.0. The summed E-state index contributed by atoms with van der Waals surface area (Å²) >= 11 is 18.0. The number of hydrazone groups is 1. The summed E-state index contributed by atoms with van der Waals surface area (Å²) in [5, 5.41) is 7.97. The predicted octanol–water partition coefficient (Wildman–Crippen LogP) is 4.82. The molecule has 0 aliphatic carbocycles. The van der Waals surface area contributed by atoms with Gasteiger partial charge in [0.25, 0.3) is 0 Å². The van der Waals surface area contributed by atoms with E-state index in [0.29, 0.717) is 15.1 Å². The molecule has 1 aromatic heterocycles. The summed E-state index contributed by atoms with van der Waals surface area (Å²) in [6.45, 7) is 4.06. The molecule has 0 spiro atoms. The largest absolute Gasteiger partial charge is 0.344 e. The van der Waals surface area contributed by atoms with E-state index in [9.17, 15) is 9.59 Å². The van der Waals surface area contributed by atoms with Gasteiger partial charge in [-0.25, -0.2) is 5.43 Å². The number of carbonyl (C=O) groups is 2. The molecule has 31 heavy (non-hydrogen) atoms. The van der Waals surface area contributed by atoms with Gasteiger partial charge in [0.2, 0.25) is 0 Å². The second kappa shape index (κ2) is 10.0. The smallest absolute Gasteiger partial charge is 0.329 e. The minimum atomic E-state index is -0.858. The van der Waals surface area contributed by atoms with Crippen molar-refractivity contribution in [3.63, 3.8) is 0 Å². The van der Waals surface area contributed by atoms with E-state index >= 15 is 0 Å². The van der Waals surface area contributed by atoms with Crippen molar-refractivity contribution in [3.05, 3.63) is 86.1 Å². The second-order valence-electron chi connectivity index (χ2n) is 6.77. The molecule has 3 aromatic rings. The Morgan fingerprint density at radius 1 is 0.968 bits per heavy atom. The molecular formula is C22H19Cl3N4O2. The lowest BCUT2D eigenvalue weighted by Gasteiger charge is -2.10. The minimum Gasteiger partial charge on any atom is -0.344 e. The van der Waals surface area contributed by atoms with Crippen molar-refractivity contribution in [1.29, 1.82) is 0 Å². The van der Waals surface area contributed by atoms with Crippen molar-refractivity contribution in [2.45, 2.75) is 20.4 Å². The third-order valence-electron chi connectivity index (χ3n) is 4.57. The fourth-order valence-electron chi connectivity index (χ4n) is 3.02. The Morgan fingerprint density at radius 3 is 2.35 bits per heavy atom.